The Bertz CT molecular complexity index is 554. The highest BCUT2D eigenvalue weighted by Crippen LogP contribution is 2.38. The van der Waals surface area contributed by atoms with Gasteiger partial charge in [0.2, 0.25) is 0 Å². The van der Waals surface area contributed by atoms with Crippen LogP contribution in [0.4, 0.5) is 17.6 Å². The van der Waals surface area contributed by atoms with Crippen molar-refractivity contribution in [1.82, 2.24) is 4.90 Å². The van der Waals surface area contributed by atoms with Gasteiger partial charge in [0.25, 0.3) is 0 Å². The number of halogens is 5. The molecular formula is C17H22BrF4NO. The summed E-state index contributed by atoms with van der Waals surface area (Å²) >= 11 is 3.09. The number of alkyl halides is 3. The lowest BCUT2D eigenvalue weighted by atomic mass is 9.89. The van der Waals surface area contributed by atoms with Crippen molar-refractivity contribution in [1.29, 1.82) is 0 Å². The topological polar surface area (TPSA) is 12.5 Å². The molecule has 136 valence electrons. The molecule has 7 heteroatoms. The van der Waals surface area contributed by atoms with E-state index in [1.807, 2.05) is 4.90 Å². The SMILES string of the molecule is CC(C)(CN1CCC(COc2ccc(Br)c(F)c2)CC1)C(F)(F)F. The first-order valence-corrected chi connectivity index (χ1v) is 8.75. The fraction of sp³-hybridized carbons (Fsp3) is 0.647. The highest BCUT2D eigenvalue weighted by Gasteiger charge is 2.48. The predicted molar refractivity (Wildman–Crippen MR) is 88.6 cm³/mol. The zero-order valence-electron chi connectivity index (χ0n) is 13.8. The van der Waals surface area contributed by atoms with E-state index in [0.717, 1.165) is 12.8 Å². The summed E-state index contributed by atoms with van der Waals surface area (Å²) in [6.45, 7) is 4.21. The van der Waals surface area contributed by atoms with Crippen molar-refractivity contribution >= 4 is 15.9 Å². The Kier molecular flexibility index (Phi) is 6.18. The van der Waals surface area contributed by atoms with Crippen LogP contribution in [0.2, 0.25) is 0 Å². The molecule has 1 aliphatic heterocycles. The highest BCUT2D eigenvalue weighted by atomic mass is 79.9. The summed E-state index contributed by atoms with van der Waals surface area (Å²) in [5.74, 6) is 0.370. The van der Waals surface area contributed by atoms with Gasteiger partial charge in [0.15, 0.2) is 0 Å². The Morgan fingerprint density at radius 1 is 1.21 bits per heavy atom. The lowest BCUT2D eigenvalue weighted by Crippen LogP contribution is -2.46. The predicted octanol–water partition coefficient (Wildman–Crippen LogP) is 5.27. The third kappa shape index (κ3) is 5.09. The van der Waals surface area contributed by atoms with E-state index in [4.69, 9.17) is 4.74 Å². The minimum absolute atomic E-state index is 0.0159. The van der Waals surface area contributed by atoms with Crippen LogP contribution in [-0.2, 0) is 0 Å². The maximum Gasteiger partial charge on any atom is 0.395 e. The maximum absolute atomic E-state index is 13.4. The number of benzene rings is 1. The molecular weight excluding hydrogens is 390 g/mol. The average molecular weight is 412 g/mol. The van der Waals surface area contributed by atoms with E-state index < -0.39 is 11.6 Å². The van der Waals surface area contributed by atoms with Crippen LogP contribution in [0, 0.1) is 17.2 Å². The molecule has 2 nitrogen and oxygen atoms in total. The van der Waals surface area contributed by atoms with Gasteiger partial charge in [0.05, 0.1) is 16.5 Å². The van der Waals surface area contributed by atoms with E-state index in [1.54, 1.807) is 12.1 Å². The Labute approximate surface area is 148 Å². The number of hydrogen-bond acceptors (Lipinski definition) is 2. The van der Waals surface area contributed by atoms with Gasteiger partial charge in [-0.05, 0) is 73.8 Å². The van der Waals surface area contributed by atoms with E-state index in [9.17, 15) is 17.6 Å². The number of hydrogen-bond donors (Lipinski definition) is 0. The molecule has 0 saturated carbocycles. The molecule has 0 aromatic heterocycles. The van der Waals surface area contributed by atoms with Crippen molar-refractivity contribution in [3.63, 3.8) is 0 Å². The van der Waals surface area contributed by atoms with Gasteiger partial charge in [0, 0.05) is 12.6 Å². The van der Waals surface area contributed by atoms with Crippen LogP contribution in [0.5, 0.6) is 5.75 Å². The molecule has 1 aromatic carbocycles. The van der Waals surface area contributed by atoms with Gasteiger partial charge in [-0.2, -0.15) is 13.2 Å². The van der Waals surface area contributed by atoms with Crippen LogP contribution < -0.4 is 4.74 Å². The number of nitrogens with zero attached hydrogens (tertiary/aromatic N) is 1. The van der Waals surface area contributed by atoms with Gasteiger partial charge >= 0.3 is 6.18 Å². The Morgan fingerprint density at radius 3 is 2.38 bits per heavy atom. The summed E-state index contributed by atoms with van der Waals surface area (Å²) in [6.07, 6.45) is -2.63. The minimum Gasteiger partial charge on any atom is -0.493 e. The summed E-state index contributed by atoms with van der Waals surface area (Å²) in [6, 6.07) is 4.60. The van der Waals surface area contributed by atoms with Crippen molar-refractivity contribution in [2.45, 2.75) is 32.9 Å². The summed E-state index contributed by atoms with van der Waals surface area (Å²) in [5.41, 5.74) is -1.70. The summed E-state index contributed by atoms with van der Waals surface area (Å²) in [7, 11) is 0. The molecule has 0 unspecified atom stereocenters. The number of likely N-dealkylation sites (tertiary alicyclic amines) is 1. The molecule has 0 spiro atoms. The van der Waals surface area contributed by atoms with Gasteiger partial charge in [-0.15, -0.1) is 0 Å². The molecule has 0 radical (unpaired) electrons. The van der Waals surface area contributed by atoms with Crippen LogP contribution in [0.1, 0.15) is 26.7 Å². The summed E-state index contributed by atoms with van der Waals surface area (Å²) < 4.78 is 58.3. The van der Waals surface area contributed by atoms with Crippen molar-refractivity contribution in [3.05, 3.63) is 28.5 Å². The van der Waals surface area contributed by atoms with E-state index in [2.05, 4.69) is 15.9 Å². The molecule has 0 atom stereocenters. The van der Waals surface area contributed by atoms with Crippen molar-refractivity contribution in [2.24, 2.45) is 11.3 Å². The molecule has 0 N–H and O–H groups in total. The standard InChI is InChI=1S/C17H22BrF4NO/c1-16(2,17(20,21)22)11-23-7-5-12(6-8-23)10-24-13-3-4-14(18)15(19)9-13/h3-4,9,12H,5-8,10-11H2,1-2H3. The molecule has 24 heavy (non-hydrogen) atoms. The zero-order valence-corrected chi connectivity index (χ0v) is 15.4. The van der Waals surface area contributed by atoms with E-state index in [0.29, 0.717) is 29.9 Å². The Hall–Kier alpha value is -0.820. The lowest BCUT2D eigenvalue weighted by Gasteiger charge is -2.38. The van der Waals surface area contributed by atoms with Crippen molar-refractivity contribution in [2.75, 3.05) is 26.2 Å². The molecule has 0 bridgehead atoms. The molecule has 1 aromatic rings. The first-order chi connectivity index (χ1) is 11.1. The van der Waals surface area contributed by atoms with Gasteiger partial charge in [-0.3, -0.25) is 0 Å². The Balaban J connectivity index is 1.77. The molecule has 0 amide bonds. The smallest absolute Gasteiger partial charge is 0.395 e. The van der Waals surface area contributed by atoms with Crippen LogP contribution in [0.25, 0.3) is 0 Å². The van der Waals surface area contributed by atoms with Gasteiger partial charge in [0.1, 0.15) is 11.6 Å². The second-order valence-electron chi connectivity index (χ2n) is 6.99. The summed E-state index contributed by atoms with van der Waals surface area (Å²) in [4.78, 5) is 1.86. The molecule has 1 heterocycles. The zero-order chi connectivity index (χ0) is 18.0. The van der Waals surface area contributed by atoms with E-state index in [-0.39, 0.29) is 18.3 Å². The van der Waals surface area contributed by atoms with E-state index in [1.165, 1.54) is 19.9 Å². The number of piperidine rings is 1. The number of ether oxygens (including phenoxy) is 1. The number of rotatable bonds is 5. The van der Waals surface area contributed by atoms with Gasteiger partial charge in [-0.25, -0.2) is 4.39 Å². The van der Waals surface area contributed by atoms with Crippen LogP contribution in [0.3, 0.4) is 0 Å². The fourth-order valence-electron chi connectivity index (χ4n) is 2.74. The van der Waals surface area contributed by atoms with Crippen LogP contribution >= 0.6 is 15.9 Å². The Morgan fingerprint density at radius 2 is 1.83 bits per heavy atom. The van der Waals surface area contributed by atoms with Gasteiger partial charge < -0.3 is 9.64 Å². The molecule has 1 saturated heterocycles. The van der Waals surface area contributed by atoms with Gasteiger partial charge in [-0.1, -0.05) is 0 Å². The fourth-order valence-corrected chi connectivity index (χ4v) is 2.99. The quantitative estimate of drug-likeness (QED) is 0.612. The first kappa shape index (κ1) is 19.5. The second-order valence-corrected chi connectivity index (χ2v) is 7.84. The summed E-state index contributed by atoms with van der Waals surface area (Å²) in [5, 5.41) is 0. The van der Waals surface area contributed by atoms with Crippen LogP contribution in [-0.4, -0.2) is 37.3 Å². The maximum atomic E-state index is 13.4. The van der Waals surface area contributed by atoms with Crippen molar-refractivity contribution in [3.8, 4) is 5.75 Å². The largest absolute Gasteiger partial charge is 0.493 e. The average Bonchev–Trinajstić information content (AvgIpc) is 2.48. The first-order valence-electron chi connectivity index (χ1n) is 7.95. The minimum atomic E-state index is -4.20. The molecule has 1 aliphatic rings. The monoisotopic (exact) mass is 411 g/mol. The molecule has 0 aliphatic carbocycles. The third-order valence-corrected chi connectivity index (χ3v) is 5.11. The lowest BCUT2D eigenvalue weighted by molar-refractivity contribution is -0.217. The van der Waals surface area contributed by atoms with E-state index >= 15 is 0 Å². The molecule has 2 rings (SSSR count). The van der Waals surface area contributed by atoms with Crippen molar-refractivity contribution < 1.29 is 22.3 Å². The third-order valence-electron chi connectivity index (χ3n) is 4.47. The highest BCUT2D eigenvalue weighted by molar-refractivity contribution is 9.10. The second kappa shape index (κ2) is 7.60. The van der Waals surface area contributed by atoms with Crippen LogP contribution in [0.15, 0.2) is 22.7 Å². The molecule has 1 fully saturated rings. The normalized spacial score (nSPS) is 18.0.